The topological polar surface area (TPSA) is 87.9 Å². The van der Waals surface area contributed by atoms with Gasteiger partial charge in [-0.2, -0.15) is 5.26 Å². The van der Waals surface area contributed by atoms with Gasteiger partial charge in [-0.25, -0.2) is 9.97 Å². The monoisotopic (exact) mass is 326 g/mol. The largest absolute Gasteiger partial charge is 0.477 e. The van der Waals surface area contributed by atoms with Crippen molar-refractivity contribution in [2.45, 2.75) is 39.0 Å². The summed E-state index contributed by atoms with van der Waals surface area (Å²) < 4.78 is 5.52. The molecule has 1 aromatic carbocycles. The van der Waals surface area contributed by atoms with Gasteiger partial charge in [0.05, 0.1) is 23.7 Å². The molecule has 0 aliphatic rings. The van der Waals surface area contributed by atoms with Gasteiger partial charge in [-0.05, 0) is 25.5 Å². The summed E-state index contributed by atoms with van der Waals surface area (Å²) >= 11 is 0. The predicted octanol–water partition coefficient (Wildman–Crippen LogP) is 2.94. The number of carbonyl (C=O) groups excluding carboxylic acids is 1. The minimum absolute atomic E-state index is 0.242. The highest BCUT2D eigenvalue weighted by atomic mass is 16.5. The SMILES string of the molecule is CCCCCNC(=O)C(C#N)c1nc2ccccc2nc1OCC. The van der Waals surface area contributed by atoms with Crippen LogP contribution in [0.15, 0.2) is 24.3 Å². The summed E-state index contributed by atoms with van der Waals surface area (Å²) in [5.41, 5.74) is 1.57. The first-order valence-corrected chi connectivity index (χ1v) is 8.28. The molecule has 6 nitrogen and oxygen atoms in total. The van der Waals surface area contributed by atoms with Gasteiger partial charge in [0, 0.05) is 6.54 Å². The van der Waals surface area contributed by atoms with Gasteiger partial charge >= 0.3 is 0 Å². The van der Waals surface area contributed by atoms with E-state index in [4.69, 9.17) is 4.74 Å². The van der Waals surface area contributed by atoms with E-state index in [9.17, 15) is 10.1 Å². The van der Waals surface area contributed by atoms with Crippen molar-refractivity contribution in [3.63, 3.8) is 0 Å². The number of rotatable bonds is 8. The van der Waals surface area contributed by atoms with Crippen LogP contribution < -0.4 is 10.1 Å². The summed E-state index contributed by atoms with van der Waals surface area (Å²) in [4.78, 5) is 21.2. The fourth-order valence-corrected chi connectivity index (χ4v) is 2.36. The summed E-state index contributed by atoms with van der Waals surface area (Å²) in [5, 5.41) is 12.3. The standard InChI is InChI=1S/C18H22N4O2/c1-3-5-8-11-20-17(23)13(12-19)16-18(24-4-2)22-15-10-7-6-9-14(15)21-16/h6-7,9-10,13H,3-5,8,11H2,1-2H3,(H,20,23). The molecule has 0 radical (unpaired) electrons. The van der Waals surface area contributed by atoms with Gasteiger partial charge in [0.2, 0.25) is 11.8 Å². The Labute approximate surface area is 141 Å². The first-order valence-electron chi connectivity index (χ1n) is 8.28. The first-order chi connectivity index (χ1) is 11.7. The molecule has 1 aromatic heterocycles. The number of benzene rings is 1. The van der Waals surface area contributed by atoms with Gasteiger partial charge in [0.25, 0.3) is 0 Å². The molecule has 1 unspecified atom stereocenters. The average Bonchev–Trinajstić information content (AvgIpc) is 2.60. The number of hydrogen-bond acceptors (Lipinski definition) is 5. The summed E-state index contributed by atoms with van der Waals surface area (Å²) in [6, 6.07) is 9.35. The van der Waals surface area contributed by atoms with Crippen LogP contribution in [0, 0.1) is 11.3 Å². The van der Waals surface area contributed by atoms with Crippen LogP contribution in [0.4, 0.5) is 0 Å². The highest BCUT2D eigenvalue weighted by Gasteiger charge is 2.27. The summed E-state index contributed by atoms with van der Waals surface area (Å²) in [6.45, 7) is 4.86. The molecular weight excluding hydrogens is 304 g/mol. The van der Waals surface area contributed by atoms with Crippen LogP contribution in [0.1, 0.15) is 44.7 Å². The minimum atomic E-state index is -1.04. The highest BCUT2D eigenvalue weighted by molar-refractivity contribution is 5.87. The van der Waals surface area contributed by atoms with Crippen molar-refractivity contribution in [1.29, 1.82) is 5.26 Å². The molecule has 1 atom stereocenters. The number of amides is 1. The lowest BCUT2D eigenvalue weighted by atomic mass is 10.1. The zero-order valence-corrected chi connectivity index (χ0v) is 14.1. The number of unbranched alkanes of at least 4 members (excludes halogenated alkanes) is 2. The second kappa shape index (κ2) is 8.82. The fourth-order valence-electron chi connectivity index (χ4n) is 2.36. The Kier molecular flexibility index (Phi) is 6.50. The summed E-state index contributed by atoms with van der Waals surface area (Å²) in [5.74, 6) is -1.16. The van der Waals surface area contributed by atoms with Gasteiger partial charge in [-0.1, -0.05) is 31.9 Å². The molecule has 24 heavy (non-hydrogen) atoms. The Hall–Kier alpha value is -2.68. The predicted molar refractivity (Wildman–Crippen MR) is 91.6 cm³/mol. The second-order valence-corrected chi connectivity index (χ2v) is 5.40. The zero-order valence-electron chi connectivity index (χ0n) is 14.1. The molecule has 1 amide bonds. The van der Waals surface area contributed by atoms with Crippen molar-refractivity contribution in [3.05, 3.63) is 30.0 Å². The summed E-state index contributed by atoms with van der Waals surface area (Å²) in [7, 11) is 0. The number of nitrogens with zero attached hydrogens (tertiary/aromatic N) is 3. The van der Waals surface area contributed by atoms with E-state index in [2.05, 4.69) is 22.2 Å². The lowest BCUT2D eigenvalue weighted by molar-refractivity contribution is -0.121. The van der Waals surface area contributed by atoms with Crippen molar-refractivity contribution in [2.24, 2.45) is 0 Å². The van der Waals surface area contributed by atoms with Crippen molar-refractivity contribution in [3.8, 4) is 11.9 Å². The molecule has 0 bridgehead atoms. The maximum Gasteiger partial charge on any atom is 0.243 e. The Morgan fingerprint density at radius 1 is 1.25 bits per heavy atom. The number of para-hydroxylation sites is 2. The van der Waals surface area contributed by atoms with Crippen LogP contribution in [0.2, 0.25) is 0 Å². The van der Waals surface area contributed by atoms with Gasteiger partial charge in [0.1, 0.15) is 5.69 Å². The number of ether oxygens (including phenoxy) is 1. The van der Waals surface area contributed by atoms with E-state index in [1.807, 2.05) is 31.2 Å². The third-order valence-corrected chi connectivity index (χ3v) is 3.59. The van der Waals surface area contributed by atoms with E-state index in [1.54, 1.807) is 6.07 Å². The Balaban J connectivity index is 2.30. The van der Waals surface area contributed by atoms with Crippen LogP contribution in [0.5, 0.6) is 5.88 Å². The number of nitrogens with one attached hydrogen (secondary N) is 1. The molecule has 0 fully saturated rings. The van der Waals surface area contributed by atoms with Crippen LogP contribution in [0.3, 0.4) is 0 Å². The molecule has 2 aromatic rings. The number of fused-ring (bicyclic) bond motifs is 1. The van der Waals surface area contributed by atoms with Crippen LogP contribution in [0.25, 0.3) is 11.0 Å². The molecule has 0 saturated carbocycles. The first kappa shape index (κ1) is 17.7. The zero-order chi connectivity index (χ0) is 17.4. The Morgan fingerprint density at radius 3 is 2.58 bits per heavy atom. The molecule has 0 aliphatic carbocycles. The van der Waals surface area contributed by atoms with Crippen molar-refractivity contribution in [2.75, 3.05) is 13.2 Å². The van der Waals surface area contributed by atoms with E-state index in [0.29, 0.717) is 24.2 Å². The molecule has 126 valence electrons. The second-order valence-electron chi connectivity index (χ2n) is 5.40. The molecule has 0 saturated heterocycles. The lowest BCUT2D eigenvalue weighted by Gasteiger charge is -2.14. The van der Waals surface area contributed by atoms with Crippen LogP contribution >= 0.6 is 0 Å². The maximum absolute atomic E-state index is 12.4. The number of carbonyl (C=O) groups is 1. The van der Waals surface area contributed by atoms with Gasteiger partial charge < -0.3 is 10.1 Å². The van der Waals surface area contributed by atoms with Gasteiger partial charge in [-0.3, -0.25) is 4.79 Å². The maximum atomic E-state index is 12.4. The van der Waals surface area contributed by atoms with E-state index in [1.165, 1.54) is 0 Å². The molecule has 0 aliphatic heterocycles. The molecule has 2 rings (SSSR count). The Bertz CT molecular complexity index is 739. The highest BCUT2D eigenvalue weighted by Crippen LogP contribution is 2.26. The number of aromatic nitrogens is 2. The smallest absolute Gasteiger partial charge is 0.243 e. The van der Waals surface area contributed by atoms with E-state index in [0.717, 1.165) is 19.3 Å². The summed E-state index contributed by atoms with van der Waals surface area (Å²) in [6.07, 6.45) is 3.00. The van der Waals surface area contributed by atoms with E-state index >= 15 is 0 Å². The average molecular weight is 326 g/mol. The van der Waals surface area contributed by atoms with Crippen molar-refractivity contribution < 1.29 is 9.53 Å². The van der Waals surface area contributed by atoms with Crippen molar-refractivity contribution in [1.82, 2.24) is 15.3 Å². The van der Waals surface area contributed by atoms with Crippen LogP contribution in [-0.4, -0.2) is 29.0 Å². The normalized spacial score (nSPS) is 11.7. The molecule has 0 spiro atoms. The third-order valence-electron chi connectivity index (χ3n) is 3.59. The van der Waals surface area contributed by atoms with Gasteiger partial charge in [0.15, 0.2) is 5.92 Å². The number of hydrogen-bond donors (Lipinski definition) is 1. The van der Waals surface area contributed by atoms with E-state index < -0.39 is 5.92 Å². The quantitative estimate of drug-likeness (QED) is 0.754. The van der Waals surface area contributed by atoms with Crippen LogP contribution in [-0.2, 0) is 4.79 Å². The molecular formula is C18H22N4O2. The molecule has 1 heterocycles. The van der Waals surface area contributed by atoms with E-state index in [-0.39, 0.29) is 17.5 Å². The Morgan fingerprint density at radius 2 is 1.96 bits per heavy atom. The number of nitriles is 1. The molecule has 1 N–H and O–H groups in total. The third kappa shape index (κ3) is 4.19. The fraction of sp³-hybridized carbons (Fsp3) is 0.444. The van der Waals surface area contributed by atoms with Gasteiger partial charge in [-0.15, -0.1) is 0 Å². The lowest BCUT2D eigenvalue weighted by Crippen LogP contribution is -2.30. The van der Waals surface area contributed by atoms with Crippen molar-refractivity contribution >= 4 is 16.9 Å². The molecule has 6 heteroatoms. The minimum Gasteiger partial charge on any atom is -0.477 e.